The Labute approximate surface area is 100 Å². The minimum atomic E-state index is -0.292. The van der Waals surface area contributed by atoms with Gasteiger partial charge in [-0.25, -0.2) is 4.39 Å². The molecule has 0 aliphatic heterocycles. The number of benzene rings is 1. The second-order valence-corrected chi connectivity index (χ2v) is 5.70. The van der Waals surface area contributed by atoms with E-state index in [0.29, 0.717) is 12.3 Å². The number of anilines is 1. The number of rotatable bonds is 4. The molecule has 1 aromatic rings. The van der Waals surface area contributed by atoms with E-state index in [-0.39, 0.29) is 11.4 Å². The molecule has 0 amide bonds. The van der Waals surface area contributed by atoms with Crippen molar-refractivity contribution in [2.45, 2.75) is 31.3 Å². The number of thioether (sulfide) groups is 1. The largest absolute Gasteiger partial charge is 0.399 e. The summed E-state index contributed by atoms with van der Waals surface area (Å²) in [5, 5.41) is 0. The Hall–Kier alpha value is -0.740. The maximum atomic E-state index is 13.0. The lowest BCUT2D eigenvalue weighted by Gasteiger charge is -2.19. The zero-order chi connectivity index (χ0) is 12.2. The van der Waals surface area contributed by atoms with Gasteiger partial charge in [-0.15, -0.1) is 11.8 Å². The average molecular weight is 243 g/mol. The van der Waals surface area contributed by atoms with Gasteiger partial charge >= 0.3 is 0 Å². The van der Waals surface area contributed by atoms with Crippen LogP contribution in [0.15, 0.2) is 23.1 Å². The van der Waals surface area contributed by atoms with E-state index in [4.69, 9.17) is 10.5 Å². The highest BCUT2D eigenvalue weighted by Crippen LogP contribution is 2.22. The Morgan fingerprint density at radius 3 is 2.56 bits per heavy atom. The molecule has 0 unspecified atom stereocenters. The highest BCUT2D eigenvalue weighted by atomic mass is 32.2. The third-order valence-corrected chi connectivity index (χ3v) is 2.72. The highest BCUT2D eigenvalue weighted by Gasteiger charge is 2.09. The van der Waals surface area contributed by atoms with Crippen LogP contribution in [-0.2, 0) is 4.74 Å². The zero-order valence-electron chi connectivity index (χ0n) is 9.92. The Morgan fingerprint density at radius 1 is 1.31 bits per heavy atom. The number of nitrogen functional groups attached to an aromatic ring is 1. The summed E-state index contributed by atoms with van der Waals surface area (Å²) in [4.78, 5) is 0.843. The van der Waals surface area contributed by atoms with Crippen LogP contribution in [-0.4, -0.2) is 18.0 Å². The number of hydrogen-bond donors (Lipinski definition) is 1. The van der Waals surface area contributed by atoms with E-state index < -0.39 is 0 Å². The van der Waals surface area contributed by atoms with Gasteiger partial charge in [0.25, 0.3) is 0 Å². The SMILES string of the molecule is CC(C)(C)OCCSc1cc(N)cc(F)c1. The molecule has 90 valence electrons. The average Bonchev–Trinajstić information content (AvgIpc) is 2.09. The van der Waals surface area contributed by atoms with Gasteiger partial charge in [-0.3, -0.25) is 0 Å². The van der Waals surface area contributed by atoms with E-state index in [0.717, 1.165) is 10.6 Å². The molecule has 0 radical (unpaired) electrons. The molecule has 0 heterocycles. The molecule has 1 rings (SSSR count). The number of halogens is 1. The molecule has 2 N–H and O–H groups in total. The smallest absolute Gasteiger partial charge is 0.126 e. The quantitative estimate of drug-likeness (QED) is 0.500. The number of hydrogen-bond acceptors (Lipinski definition) is 3. The summed E-state index contributed by atoms with van der Waals surface area (Å²) in [5.74, 6) is 0.499. The summed E-state index contributed by atoms with van der Waals surface area (Å²) in [7, 11) is 0. The Morgan fingerprint density at radius 2 is 2.00 bits per heavy atom. The molecular formula is C12H18FNOS. The van der Waals surface area contributed by atoms with Crippen molar-refractivity contribution in [3.05, 3.63) is 24.0 Å². The van der Waals surface area contributed by atoms with Gasteiger partial charge in [0.05, 0.1) is 12.2 Å². The molecular weight excluding hydrogens is 225 g/mol. The molecule has 0 bridgehead atoms. The Balaban J connectivity index is 2.37. The van der Waals surface area contributed by atoms with E-state index in [9.17, 15) is 4.39 Å². The summed E-state index contributed by atoms with van der Waals surface area (Å²) < 4.78 is 18.6. The summed E-state index contributed by atoms with van der Waals surface area (Å²) in [6.45, 7) is 6.68. The molecule has 4 heteroatoms. The first-order valence-corrected chi connectivity index (χ1v) is 6.18. The normalized spacial score (nSPS) is 11.8. The summed E-state index contributed by atoms with van der Waals surface area (Å²) in [6.07, 6.45) is 0. The van der Waals surface area contributed by atoms with E-state index in [1.807, 2.05) is 20.8 Å². The number of nitrogens with two attached hydrogens (primary N) is 1. The van der Waals surface area contributed by atoms with Crippen LogP contribution in [0.1, 0.15) is 20.8 Å². The predicted octanol–water partition coefficient (Wildman–Crippen LogP) is 3.32. The van der Waals surface area contributed by atoms with E-state index in [1.165, 1.54) is 12.1 Å². The fourth-order valence-electron chi connectivity index (χ4n) is 1.18. The van der Waals surface area contributed by atoms with Crippen molar-refractivity contribution in [2.75, 3.05) is 18.1 Å². The maximum absolute atomic E-state index is 13.0. The van der Waals surface area contributed by atoms with Gasteiger partial charge in [-0.05, 0) is 39.0 Å². The fourth-order valence-corrected chi connectivity index (χ4v) is 1.99. The molecule has 0 aliphatic rings. The van der Waals surface area contributed by atoms with Crippen LogP contribution in [0.3, 0.4) is 0 Å². The van der Waals surface area contributed by atoms with E-state index >= 15 is 0 Å². The monoisotopic (exact) mass is 243 g/mol. The summed E-state index contributed by atoms with van der Waals surface area (Å²) >= 11 is 1.54. The standard InChI is InChI=1S/C12H18FNOS/c1-12(2,3)15-4-5-16-11-7-9(13)6-10(14)8-11/h6-8H,4-5,14H2,1-3H3. The highest BCUT2D eigenvalue weighted by molar-refractivity contribution is 7.99. The van der Waals surface area contributed by atoms with Crippen molar-refractivity contribution < 1.29 is 9.13 Å². The van der Waals surface area contributed by atoms with Crippen LogP contribution in [0, 0.1) is 5.82 Å². The van der Waals surface area contributed by atoms with Gasteiger partial charge in [-0.2, -0.15) is 0 Å². The van der Waals surface area contributed by atoms with Crippen LogP contribution in [0.4, 0.5) is 10.1 Å². The van der Waals surface area contributed by atoms with Gasteiger partial charge < -0.3 is 10.5 Å². The minimum Gasteiger partial charge on any atom is -0.399 e. The van der Waals surface area contributed by atoms with Crippen molar-refractivity contribution in [1.29, 1.82) is 0 Å². The van der Waals surface area contributed by atoms with Crippen LogP contribution >= 0.6 is 11.8 Å². The van der Waals surface area contributed by atoms with Crippen LogP contribution < -0.4 is 5.73 Å². The van der Waals surface area contributed by atoms with Crippen LogP contribution in [0.25, 0.3) is 0 Å². The molecule has 0 saturated carbocycles. The number of ether oxygens (including phenoxy) is 1. The molecule has 16 heavy (non-hydrogen) atoms. The molecule has 0 fully saturated rings. The predicted molar refractivity (Wildman–Crippen MR) is 67.2 cm³/mol. The third-order valence-electron chi connectivity index (χ3n) is 1.78. The first kappa shape index (κ1) is 13.3. The Kier molecular flexibility index (Phi) is 4.62. The summed E-state index contributed by atoms with van der Waals surface area (Å²) in [5.41, 5.74) is 5.88. The van der Waals surface area contributed by atoms with Gasteiger partial charge in [0.15, 0.2) is 0 Å². The zero-order valence-corrected chi connectivity index (χ0v) is 10.7. The first-order chi connectivity index (χ1) is 7.37. The van der Waals surface area contributed by atoms with Crippen LogP contribution in [0.2, 0.25) is 0 Å². The van der Waals surface area contributed by atoms with Crippen molar-refractivity contribution in [2.24, 2.45) is 0 Å². The molecule has 2 nitrogen and oxygen atoms in total. The van der Waals surface area contributed by atoms with Crippen LogP contribution in [0.5, 0.6) is 0 Å². The first-order valence-electron chi connectivity index (χ1n) is 5.20. The molecule has 1 aromatic carbocycles. The van der Waals surface area contributed by atoms with E-state index in [2.05, 4.69) is 0 Å². The Bertz CT molecular complexity index is 329. The van der Waals surface area contributed by atoms with Crippen molar-refractivity contribution in [1.82, 2.24) is 0 Å². The second-order valence-electron chi connectivity index (χ2n) is 4.53. The maximum Gasteiger partial charge on any atom is 0.126 e. The van der Waals surface area contributed by atoms with Crippen molar-refractivity contribution >= 4 is 17.4 Å². The molecule has 0 aliphatic carbocycles. The van der Waals surface area contributed by atoms with Gasteiger partial charge in [0.2, 0.25) is 0 Å². The lowest BCUT2D eigenvalue weighted by Crippen LogP contribution is -2.20. The fraction of sp³-hybridized carbons (Fsp3) is 0.500. The van der Waals surface area contributed by atoms with Crippen molar-refractivity contribution in [3.63, 3.8) is 0 Å². The minimum absolute atomic E-state index is 0.123. The molecule has 0 aromatic heterocycles. The molecule has 0 atom stereocenters. The third kappa shape index (κ3) is 5.37. The molecule has 0 spiro atoms. The topological polar surface area (TPSA) is 35.2 Å². The van der Waals surface area contributed by atoms with Gasteiger partial charge in [0.1, 0.15) is 5.82 Å². The summed E-state index contributed by atoms with van der Waals surface area (Å²) in [6, 6.07) is 4.57. The lowest BCUT2D eigenvalue weighted by molar-refractivity contribution is 0.00695. The van der Waals surface area contributed by atoms with Gasteiger partial charge in [-0.1, -0.05) is 0 Å². The lowest BCUT2D eigenvalue weighted by atomic mass is 10.2. The van der Waals surface area contributed by atoms with Crippen molar-refractivity contribution in [3.8, 4) is 0 Å². The second kappa shape index (κ2) is 5.55. The molecule has 0 saturated heterocycles. The van der Waals surface area contributed by atoms with E-state index in [1.54, 1.807) is 17.8 Å². The van der Waals surface area contributed by atoms with Gasteiger partial charge in [0, 0.05) is 16.3 Å².